The van der Waals surface area contributed by atoms with Crippen LogP contribution in [0.5, 0.6) is 11.5 Å². The van der Waals surface area contributed by atoms with Crippen LogP contribution in [0.15, 0.2) is 23.4 Å². The molecule has 0 bridgehead atoms. The van der Waals surface area contributed by atoms with E-state index in [4.69, 9.17) is 4.84 Å². The van der Waals surface area contributed by atoms with Gasteiger partial charge in [-0.3, -0.25) is 0 Å². The zero-order valence-corrected chi connectivity index (χ0v) is 10.8. The molecule has 0 saturated heterocycles. The van der Waals surface area contributed by atoms with E-state index in [2.05, 4.69) is 14.6 Å². The summed E-state index contributed by atoms with van der Waals surface area (Å²) in [6, 6.07) is 3.61. The average Bonchev–Trinajstić information content (AvgIpc) is 2.34. The van der Waals surface area contributed by atoms with Crippen LogP contribution in [0.2, 0.25) is 0 Å². The summed E-state index contributed by atoms with van der Waals surface area (Å²) in [5.74, 6) is -0.958. The van der Waals surface area contributed by atoms with Crippen molar-refractivity contribution in [2.75, 3.05) is 0 Å². The molecule has 2 rings (SSSR count). The molecule has 0 aliphatic heterocycles. The lowest BCUT2D eigenvalue weighted by atomic mass is 9.97. The predicted molar refractivity (Wildman–Crippen MR) is 66.0 cm³/mol. The third kappa shape index (κ3) is 4.80. The SMILES string of the molecule is FC(F)Oc1ccc(/C=N/OC2CCC2)cc1OC(F)F. The number of hydrogen-bond donors (Lipinski definition) is 0. The van der Waals surface area contributed by atoms with Gasteiger partial charge in [0, 0.05) is 5.56 Å². The average molecular weight is 307 g/mol. The van der Waals surface area contributed by atoms with Crippen molar-refractivity contribution in [1.29, 1.82) is 0 Å². The molecule has 1 aliphatic rings. The van der Waals surface area contributed by atoms with E-state index >= 15 is 0 Å². The first-order valence-electron chi connectivity index (χ1n) is 6.27. The summed E-state index contributed by atoms with van der Waals surface area (Å²) in [7, 11) is 0. The third-order valence-corrected chi connectivity index (χ3v) is 2.86. The van der Waals surface area contributed by atoms with Crippen molar-refractivity contribution in [1.82, 2.24) is 0 Å². The van der Waals surface area contributed by atoms with Crippen LogP contribution in [0.25, 0.3) is 0 Å². The van der Waals surface area contributed by atoms with Crippen LogP contribution in [-0.2, 0) is 4.84 Å². The fourth-order valence-electron chi connectivity index (χ4n) is 1.64. The van der Waals surface area contributed by atoms with Crippen molar-refractivity contribution in [2.45, 2.75) is 38.6 Å². The maximum Gasteiger partial charge on any atom is 0.387 e. The molecule has 0 radical (unpaired) electrons. The fraction of sp³-hybridized carbons (Fsp3) is 0.462. The van der Waals surface area contributed by atoms with Gasteiger partial charge < -0.3 is 14.3 Å². The number of ether oxygens (including phenoxy) is 2. The summed E-state index contributed by atoms with van der Waals surface area (Å²) in [6.45, 7) is -6.28. The van der Waals surface area contributed by atoms with Gasteiger partial charge in [-0.25, -0.2) is 0 Å². The van der Waals surface area contributed by atoms with Crippen LogP contribution in [0, 0.1) is 0 Å². The van der Waals surface area contributed by atoms with Gasteiger partial charge >= 0.3 is 13.2 Å². The molecular formula is C13H13F4NO3. The second-order valence-electron chi connectivity index (χ2n) is 4.36. The zero-order chi connectivity index (χ0) is 15.2. The molecule has 1 aliphatic carbocycles. The monoisotopic (exact) mass is 307 g/mol. The Labute approximate surface area is 118 Å². The highest BCUT2D eigenvalue weighted by Crippen LogP contribution is 2.30. The molecular weight excluding hydrogens is 294 g/mol. The predicted octanol–water partition coefficient (Wildman–Crippen LogP) is 3.79. The van der Waals surface area contributed by atoms with E-state index in [0.29, 0.717) is 5.56 Å². The van der Waals surface area contributed by atoms with Crippen LogP contribution in [0.3, 0.4) is 0 Å². The molecule has 8 heteroatoms. The first kappa shape index (κ1) is 15.4. The summed E-state index contributed by atoms with van der Waals surface area (Å²) in [4.78, 5) is 5.13. The van der Waals surface area contributed by atoms with Crippen molar-refractivity contribution >= 4 is 6.21 Å². The van der Waals surface area contributed by atoms with Gasteiger partial charge in [0.2, 0.25) is 0 Å². The first-order chi connectivity index (χ1) is 10.0. The molecule has 1 fully saturated rings. The molecule has 0 heterocycles. The second-order valence-corrected chi connectivity index (χ2v) is 4.36. The van der Waals surface area contributed by atoms with Gasteiger partial charge in [-0.05, 0) is 37.5 Å². The van der Waals surface area contributed by atoms with Crippen LogP contribution in [-0.4, -0.2) is 25.5 Å². The van der Waals surface area contributed by atoms with Gasteiger partial charge in [0.1, 0.15) is 6.10 Å². The van der Waals surface area contributed by atoms with E-state index in [1.54, 1.807) is 0 Å². The molecule has 0 atom stereocenters. The lowest BCUT2D eigenvalue weighted by molar-refractivity contribution is -0.0692. The highest BCUT2D eigenvalue weighted by atomic mass is 19.3. The van der Waals surface area contributed by atoms with E-state index in [1.807, 2.05) is 0 Å². The molecule has 1 saturated carbocycles. The van der Waals surface area contributed by atoms with Gasteiger partial charge in [-0.1, -0.05) is 5.16 Å². The highest BCUT2D eigenvalue weighted by molar-refractivity contribution is 5.80. The molecule has 0 N–H and O–H groups in total. The van der Waals surface area contributed by atoms with Crippen LogP contribution in [0.1, 0.15) is 24.8 Å². The van der Waals surface area contributed by atoms with Crippen molar-refractivity contribution in [2.24, 2.45) is 5.16 Å². The van der Waals surface area contributed by atoms with Crippen LogP contribution >= 0.6 is 0 Å². The lowest BCUT2D eigenvalue weighted by Gasteiger charge is -2.22. The maximum atomic E-state index is 12.3. The van der Waals surface area contributed by atoms with Crippen LogP contribution in [0.4, 0.5) is 17.6 Å². The van der Waals surface area contributed by atoms with E-state index in [1.165, 1.54) is 12.3 Å². The topological polar surface area (TPSA) is 40.0 Å². The third-order valence-electron chi connectivity index (χ3n) is 2.86. The van der Waals surface area contributed by atoms with Gasteiger partial charge in [0.25, 0.3) is 0 Å². The number of halogens is 4. The smallest absolute Gasteiger partial charge is 0.387 e. The first-order valence-corrected chi connectivity index (χ1v) is 6.27. The van der Waals surface area contributed by atoms with E-state index < -0.39 is 24.7 Å². The number of rotatable bonds is 7. The fourth-order valence-corrected chi connectivity index (χ4v) is 1.64. The lowest BCUT2D eigenvalue weighted by Crippen LogP contribution is -2.18. The largest absolute Gasteiger partial charge is 0.431 e. The summed E-state index contributed by atoms with van der Waals surface area (Å²) >= 11 is 0. The van der Waals surface area contributed by atoms with Crippen molar-refractivity contribution in [3.63, 3.8) is 0 Å². The Bertz CT molecular complexity index is 492. The Kier molecular flexibility index (Phi) is 5.24. The minimum absolute atomic E-state index is 0.0828. The highest BCUT2D eigenvalue weighted by Gasteiger charge is 2.18. The summed E-state index contributed by atoms with van der Waals surface area (Å²) in [6.07, 6.45) is 4.32. The van der Waals surface area contributed by atoms with Crippen molar-refractivity contribution < 1.29 is 31.9 Å². The molecule has 1 aromatic carbocycles. The Morgan fingerprint density at radius 3 is 2.29 bits per heavy atom. The molecule has 0 amide bonds. The number of alkyl halides is 4. The molecule has 0 aromatic heterocycles. The quantitative estimate of drug-likeness (QED) is 0.437. The van der Waals surface area contributed by atoms with Crippen molar-refractivity contribution in [3.05, 3.63) is 23.8 Å². The Balaban J connectivity index is 2.07. The van der Waals surface area contributed by atoms with E-state index in [9.17, 15) is 17.6 Å². The van der Waals surface area contributed by atoms with Gasteiger partial charge in [-0.2, -0.15) is 17.6 Å². The molecule has 21 heavy (non-hydrogen) atoms. The minimum atomic E-state index is -3.15. The van der Waals surface area contributed by atoms with Gasteiger partial charge in [0.05, 0.1) is 6.21 Å². The maximum absolute atomic E-state index is 12.3. The number of oxime groups is 1. The van der Waals surface area contributed by atoms with Crippen molar-refractivity contribution in [3.8, 4) is 11.5 Å². The Morgan fingerprint density at radius 1 is 1.05 bits per heavy atom. The molecule has 4 nitrogen and oxygen atoms in total. The number of benzene rings is 1. The van der Waals surface area contributed by atoms with Gasteiger partial charge in [-0.15, -0.1) is 0 Å². The molecule has 116 valence electrons. The Hall–Kier alpha value is -1.99. The van der Waals surface area contributed by atoms with Gasteiger partial charge in [0.15, 0.2) is 11.5 Å². The van der Waals surface area contributed by atoms with E-state index in [0.717, 1.165) is 31.4 Å². The zero-order valence-electron chi connectivity index (χ0n) is 10.8. The molecule has 1 aromatic rings. The van der Waals surface area contributed by atoms with E-state index in [-0.39, 0.29) is 6.10 Å². The van der Waals surface area contributed by atoms with Crippen LogP contribution < -0.4 is 9.47 Å². The normalized spacial score (nSPS) is 15.5. The summed E-state index contributed by atoms with van der Waals surface area (Å²) in [5, 5.41) is 3.72. The minimum Gasteiger partial charge on any atom is -0.431 e. The molecule has 0 spiro atoms. The number of nitrogens with zero attached hydrogens (tertiary/aromatic N) is 1. The second kappa shape index (κ2) is 7.14. The summed E-state index contributed by atoms with van der Waals surface area (Å²) < 4.78 is 57.1. The standard InChI is InChI=1S/C13H13F4NO3/c14-12(15)19-10-5-4-8(6-11(10)20-13(16)17)7-18-21-9-2-1-3-9/h4-7,9,12-13H,1-3H2/b18-7+. The Morgan fingerprint density at radius 2 is 1.71 bits per heavy atom. The number of hydrogen-bond acceptors (Lipinski definition) is 4. The molecule has 0 unspecified atom stereocenters. The summed E-state index contributed by atoms with van der Waals surface area (Å²) in [5.41, 5.74) is 0.367.